The zero-order valence-electron chi connectivity index (χ0n) is 10.8. The topological polar surface area (TPSA) is 58.9 Å². The van der Waals surface area contributed by atoms with Crippen molar-refractivity contribution in [3.63, 3.8) is 0 Å². The lowest BCUT2D eigenvalue weighted by atomic mass is 10.2. The summed E-state index contributed by atoms with van der Waals surface area (Å²) in [5.41, 5.74) is 1.98. The van der Waals surface area contributed by atoms with Crippen molar-refractivity contribution in [3.05, 3.63) is 41.2 Å². The summed E-state index contributed by atoms with van der Waals surface area (Å²) in [6.07, 6.45) is 1.58. The number of benzene rings is 1. The van der Waals surface area contributed by atoms with Crippen LogP contribution in [0.5, 0.6) is 0 Å². The number of carbonyl (C=O) groups is 1. The van der Waals surface area contributed by atoms with Crippen LogP contribution in [-0.4, -0.2) is 22.2 Å². The number of amides is 1. The summed E-state index contributed by atoms with van der Waals surface area (Å²) in [7, 11) is 1.72. The molecular formula is C13H15ClN4O. The molecule has 0 aliphatic heterocycles. The van der Waals surface area contributed by atoms with Gasteiger partial charge in [-0.2, -0.15) is 5.10 Å². The van der Waals surface area contributed by atoms with Gasteiger partial charge in [0.1, 0.15) is 5.69 Å². The van der Waals surface area contributed by atoms with E-state index in [1.165, 1.54) is 4.68 Å². The molecule has 6 heteroatoms. The second kappa shape index (κ2) is 5.75. The normalized spacial score (nSPS) is 10.3. The van der Waals surface area contributed by atoms with E-state index < -0.39 is 0 Å². The zero-order chi connectivity index (χ0) is 13.8. The van der Waals surface area contributed by atoms with E-state index >= 15 is 0 Å². The van der Waals surface area contributed by atoms with Gasteiger partial charge < -0.3 is 10.6 Å². The number of carbonyl (C=O) groups excluding carboxylic acids is 1. The summed E-state index contributed by atoms with van der Waals surface area (Å²) in [4.78, 5) is 12.1. The standard InChI is InChI=1S/C13H15ClN4O/c1-3-15-10-5-4-9(14)8-11(10)17-13(19)12-6-7-16-18(12)2/h4-8,15H,3H2,1-2H3,(H,17,19). The minimum atomic E-state index is -0.221. The second-order valence-corrected chi connectivity index (χ2v) is 4.45. The van der Waals surface area contributed by atoms with Crippen LogP contribution in [0.3, 0.4) is 0 Å². The number of nitrogens with one attached hydrogen (secondary N) is 2. The molecule has 0 fully saturated rings. The van der Waals surface area contributed by atoms with E-state index in [4.69, 9.17) is 11.6 Å². The highest BCUT2D eigenvalue weighted by Gasteiger charge is 2.12. The van der Waals surface area contributed by atoms with Gasteiger partial charge in [0, 0.05) is 24.8 Å². The summed E-state index contributed by atoms with van der Waals surface area (Å²) in [6.45, 7) is 2.75. The molecule has 0 unspecified atom stereocenters. The molecule has 1 heterocycles. The minimum Gasteiger partial charge on any atom is -0.384 e. The summed E-state index contributed by atoms with van der Waals surface area (Å²) in [5.74, 6) is -0.221. The van der Waals surface area contributed by atoms with E-state index in [0.717, 1.165) is 12.2 Å². The molecule has 1 amide bonds. The van der Waals surface area contributed by atoms with Crippen molar-refractivity contribution in [2.75, 3.05) is 17.2 Å². The zero-order valence-corrected chi connectivity index (χ0v) is 11.5. The lowest BCUT2D eigenvalue weighted by Gasteiger charge is -2.12. The molecular weight excluding hydrogens is 264 g/mol. The Kier molecular flexibility index (Phi) is 4.06. The third-order valence-corrected chi connectivity index (χ3v) is 2.89. The number of anilines is 2. The van der Waals surface area contributed by atoms with Crippen LogP contribution in [0, 0.1) is 0 Å². The van der Waals surface area contributed by atoms with Crippen LogP contribution in [0.1, 0.15) is 17.4 Å². The first-order valence-corrected chi connectivity index (χ1v) is 6.32. The third-order valence-electron chi connectivity index (χ3n) is 2.65. The minimum absolute atomic E-state index is 0.221. The maximum atomic E-state index is 12.1. The largest absolute Gasteiger partial charge is 0.384 e. The number of rotatable bonds is 4. The van der Waals surface area contributed by atoms with E-state index in [1.807, 2.05) is 13.0 Å². The van der Waals surface area contributed by atoms with Crippen LogP contribution in [0.25, 0.3) is 0 Å². The maximum Gasteiger partial charge on any atom is 0.273 e. The Labute approximate surface area is 116 Å². The number of halogens is 1. The highest BCUT2D eigenvalue weighted by atomic mass is 35.5. The van der Waals surface area contributed by atoms with Crippen molar-refractivity contribution in [2.45, 2.75) is 6.92 Å². The van der Waals surface area contributed by atoms with Crippen LogP contribution in [0.15, 0.2) is 30.5 Å². The van der Waals surface area contributed by atoms with Gasteiger partial charge in [-0.15, -0.1) is 0 Å². The predicted molar refractivity (Wildman–Crippen MR) is 76.8 cm³/mol. The molecule has 0 saturated carbocycles. The third kappa shape index (κ3) is 3.06. The molecule has 0 atom stereocenters. The first kappa shape index (κ1) is 13.4. The van der Waals surface area contributed by atoms with Gasteiger partial charge in [-0.25, -0.2) is 0 Å². The Bertz CT molecular complexity index is 594. The van der Waals surface area contributed by atoms with Gasteiger partial charge >= 0.3 is 0 Å². The molecule has 2 aromatic rings. The number of hydrogen-bond donors (Lipinski definition) is 2. The van der Waals surface area contributed by atoms with Gasteiger partial charge in [0.25, 0.3) is 5.91 Å². The number of aromatic nitrogens is 2. The number of hydrogen-bond acceptors (Lipinski definition) is 3. The maximum absolute atomic E-state index is 12.1. The van der Waals surface area contributed by atoms with Crippen LogP contribution in [-0.2, 0) is 7.05 Å². The van der Waals surface area contributed by atoms with Crippen LogP contribution >= 0.6 is 11.6 Å². The first-order valence-electron chi connectivity index (χ1n) is 5.94. The van der Waals surface area contributed by atoms with Crippen molar-refractivity contribution in [3.8, 4) is 0 Å². The van der Waals surface area contributed by atoms with Gasteiger partial charge in [-0.1, -0.05) is 11.6 Å². The predicted octanol–water partition coefficient (Wildman–Crippen LogP) is 2.76. The molecule has 0 bridgehead atoms. The second-order valence-electron chi connectivity index (χ2n) is 4.01. The van der Waals surface area contributed by atoms with Crippen molar-refractivity contribution in [1.29, 1.82) is 0 Å². The van der Waals surface area contributed by atoms with E-state index in [1.54, 1.807) is 31.4 Å². The Morgan fingerprint density at radius 2 is 2.16 bits per heavy atom. The molecule has 0 aliphatic carbocycles. The molecule has 0 aliphatic rings. The van der Waals surface area contributed by atoms with Gasteiger partial charge in [-0.05, 0) is 31.2 Å². The molecule has 0 radical (unpaired) electrons. The molecule has 2 N–H and O–H groups in total. The molecule has 5 nitrogen and oxygen atoms in total. The lowest BCUT2D eigenvalue weighted by Crippen LogP contribution is -2.17. The fourth-order valence-electron chi connectivity index (χ4n) is 1.75. The smallest absolute Gasteiger partial charge is 0.273 e. The molecule has 1 aromatic heterocycles. The summed E-state index contributed by atoms with van der Waals surface area (Å²) < 4.78 is 1.52. The number of nitrogens with zero attached hydrogens (tertiary/aromatic N) is 2. The van der Waals surface area contributed by atoms with Crippen molar-refractivity contribution in [1.82, 2.24) is 9.78 Å². The molecule has 0 saturated heterocycles. The van der Waals surface area contributed by atoms with Crippen molar-refractivity contribution in [2.24, 2.45) is 7.05 Å². The lowest BCUT2D eigenvalue weighted by molar-refractivity contribution is 0.101. The highest BCUT2D eigenvalue weighted by Crippen LogP contribution is 2.26. The highest BCUT2D eigenvalue weighted by molar-refractivity contribution is 6.31. The van der Waals surface area contributed by atoms with E-state index in [9.17, 15) is 4.79 Å². The van der Waals surface area contributed by atoms with Gasteiger partial charge in [0.15, 0.2) is 0 Å². The SMILES string of the molecule is CCNc1ccc(Cl)cc1NC(=O)c1ccnn1C. The molecule has 100 valence electrons. The first-order chi connectivity index (χ1) is 9.11. The Morgan fingerprint density at radius 1 is 1.37 bits per heavy atom. The average molecular weight is 279 g/mol. The number of aryl methyl sites for hydroxylation is 1. The summed E-state index contributed by atoms with van der Waals surface area (Å²) in [5, 5.41) is 10.5. The molecule has 19 heavy (non-hydrogen) atoms. The summed E-state index contributed by atoms with van der Waals surface area (Å²) in [6, 6.07) is 6.99. The van der Waals surface area contributed by atoms with E-state index in [-0.39, 0.29) is 5.91 Å². The van der Waals surface area contributed by atoms with Gasteiger partial charge in [-0.3, -0.25) is 9.48 Å². The monoisotopic (exact) mass is 278 g/mol. The Morgan fingerprint density at radius 3 is 2.79 bits per heavy atom. The van der Waals surface area contributed by atoms with Crippen molar-refractivity contribution < 1.29 is 4.79 Å². The van der Waals surface area contributed by atoms with Gasteiger partial charge in [0.05, 0.1) is 11.4 Å². The van der Waals surface area contributed by atoms with E-state index in [0.29, 0.717) is 16.4 Å². The van der Waals surface area contributed by atoms with Crippen LogP contribution < -0.4 is 10.6 Å². The molecule has 1 aromatic carbocycles. The Hall–Kier alpha value is -2.01. The fraction of sp³-hybridized carbons (Fsp3) is 0.231. The van der Waals surface area contributed by atoms with Crippen molar-refractivity contribution >= 4 is 28.9 Å². The quantitative estimate of drug-likeness (QED) is 0.904. The van der Waals surface area contributed by atoms with Gasteiger partial charge in [0.2, 0.25) is 0 Å². The Balaban J connectivity index is 2.25. The van der Waals surface area contributed by atoms with Crippen LogP contribution in [0.4, 0.5) is 11.4 Å². The summed E-state index contributed by atoms with van der Waals surface area (Å²) >= 11 is 5.96. The average Bonchev–Trinajstić information content (AvgIpc) is 2.79. The van der Waals surface area contributed by atoms with Crippen LogP contribution in [0.2, 0.25) is 5.02 Å². The fourth-order valence-corrected chi connectivity index (χ4v) is 1.92. The van der Waals surface area contributed by atoms with E-state index in [2.05, 4.69) is 15.7 Å². The molecule has 2 rings (SSSR count). The molecule has 0 spiro atoms.